The molecule has 0 radical (unpaired) electrons. The van der Waals surface area contributed by atoms with Gasteiger partial charge in [0.1, 0.15) is 5.76 Å². The SMILES string of the molecule is Cc1ccc(S(=O)(=O)NCc2ccco2)cc1C(=O)NCCCOC(C)c1ccccc1. The number of carbonyl (C=O) groups is 1. The van der Waals surface area contributed by atoms with Crippen molar-refractivity contribution < 1.29 is 22.4 Å². The van der Waals surface area contributed by atoms with E-state index in [-0.39, 0.29) is 23.5 Å². The van der Waals surface area contributed by atoms with E-state index in [0.717, 1.165) is 5.56 Å². The predicted molar refractivity (Wildman–Crippen MR) is 122 cm³/mol. The van der Waals surface area contributed by atoms with E-state index in [1.54, 1.807) is 25.1 Å². The van der Waals surface area contributed by atoms with E-state index >= 15 is 0 Å². The molecule has 0 saturated heterocycles. The van der Waals surface area contributed by atoms with Gasteiger partial charge in [-0.1, -0.05) is 36.4 Å². The summed E-state index contributed by atoms with van der Waals surface area (Å²) in [5.41, 5.74) is 2.12. The largest absolute Gasteiger partial charge is 0.468 e. The van der Waals surface area contributed by atoms with Crippen molar-refractivity contribution in [1.29, 1.82) is 0 Å². The number of hydrogen-bond acceptors (Lipinski definition) is 5. The normalized spacial score (nSPS) is 12.4. The van der Waals surface area contributed by atoms with Gasteiger partial charge in [0.05, 0.1) is 23.8 Å². The lowest BCUT2D eigenvalue weighted by atomic mass is 10.1. The van der Waals surface area contributed by atoms with E-state index in [4.69, 9.17) is 9.15 Å². The summed E-state index contributed by atoms with van der Waals surface area (Å²) < 4.78 is 38.6. The average molecular weight is 457 g/mol. The Kier molecular flexibility index (Phi) is 8.21. The second-order valence-electron chi connectivity index (χ2n) is 7.41. The van der Waals surface area contributed by atoms with Crippen LogP contribution in [0.2, 0.25) is 0 Å². The van der Waals surface area contributed by atoms with Crippen LogP contribution in [0.25, 0.3) is 0 Å². The smallest absolute Gasteiger partial charge is 0.251 e. The van der Waals surface area contributed by atoms with Crippen LogP contribution in [0.5, 0.6) is 0 Å². The highest BCUT2D eigenvalue weighted by atomic mass is 32.2. The molecule has 0 fully saturated rings. The molecule has 3 rings (SSSR count). The number of ether oxygens (including phenoxy) is 1. The zero-order valence-electron chi connectivity index (χ0n) is 18.2. The van der Waals surface area contributed by atoms with E-state index in [9.17, 15) is 13.2 Å². The topological polar surface area (TPSA) is 97.6 Å². The van der Waals surface area contributed by atoms with E-state index < -0.39 is 10.0 Å². The van der Waals surface area contributed by atoms with Gasteiger partial charge in [-0.25, -0.2) is 13.1 Å². The number of furan rings is 1. The van der Waals surface area contributed by atoms with Crippen molar-refractivity contribution >= 4 is 15.9 Å². The van der Waals surface area contributed by atoms with Gasteiger partial charge < -0.3 is 14.5 Å². The highest BCUT2D eigenvalue weighted by Gasteiger charge is 2.18. The van der Waals surface area contributed by atoms with Gasteiger partial charge >= 0.3 is 0 Å². The van der Waals surface area contributed by atoms with Crippen LogP contribution in [0.1, 0.15) is 46.7 Å². The number of nitrogens with one attached hydrogen (secondary N) is 2. The monoisotopic (exact) mass is 456 g/mol. The molecule has 1 unspecified atom stereocenters. The molecule has 1 amide bonds. The summed E-state index contributed by atoms with van der Waals surface area (Å²) in [5, 5.41) is 2.84. The van der Waals surface area contributed by atoms with Gasteiger partial charge in [0, 0.05) is 18.7 Å². The maximum atomic E-state index is 12.6. The van der Waals surface area contributed by atoms with Crippen molar-refractivity contribution in [3.63, 3.8) is 0 Å². The molecule has 1 aromatic heterocycles. The summed E-state index contributed by atoms with van der Waals surface area (Å²) in [6, 6.07) is 17.8. The molecule has 0 bridgehead atoms. The third-order valence-electron chi connectivity index (χ3n) is 5.02. The molecule has 8 heteroatoms. The van der Waals surface area contributed by atoms with Gasteiger partial charge in [-0.05, 0) is 55.7 Å². The van der Waals surface area contributed by atoms with Crippen molar-refractivity contribution in [2.75, 3.05) is 13.2 Å². The van der Waals surface area contributed by atoms with Gasteiger partial charge in [-0.15, -0.1) is 0 Å². The summed E-state index contributed by atoms with van der Waals surface area (Å²) in [5.74, 6) is 0.184. The number of hydrogen-bond donors (Lipinski definition) is 2. The fraction of sp³-hybridized carbons (Fsp3) is 0.292. The molecule has 32 heavy (non-hydrogen) atoms. The Bertz CT molecular complexity index is 1110. The predicted octanol–water partition coefficient (Wildman–Crippen LogP) is 3.96. The Hall–Kier alpha value is -2.94. The summed E-state index contributed by atoms with van der Waals surface area (Å²) in [6.07, 6.45) is 2.10. The summed E-state index contributed by atoms with van der Waals surface area (Å²) >= 11 is 0. The average Bonchev–Trinajstić information content (AvgIpc) is 3.32. The summed E-state index contributed by atoms with van der Waals surface area (Å²) in [7, 11) is -3.78. The van der Waals surface area contributed by atoms with Crippen LogP contribution in [-0.2, 0) is 21.3 Å². The van der Waals surface area contributed by atoms with Gasteiger partial charge in [0.25, 0.3) is 5.91 Å². The number of aryl methyl sites for hydroxylation is 1. The van der Waals surface area contributed by atoms with Crippen LogP contribution in [0.3, 0.4) is 0 Å². The Morgan fingerprint density at radius 3 is 2.59 bits per heavy atom. The van der Waals surface area contributed by atoms with Crippen molar-refractivity contribution in [3.8, 4) is 0 Å². The molecular formula is C24H28N2O5S. The van der Waals surface area contributed by atoms with Crippen molar-refractivity contribution in [3.05, 3.63) is 89.4 Å². The molecular weight excluding hydrogens is 428 g/mol. The van der Waals surface area contributed by atoms with Gasteiger partial charge in [0.15, 0.2) is 0 Å². The molecule has 2 aromatic carbocycles. The van der Waals surface area contributed by atoms with Crippen LogP contribution in [0, 0.1) is 6.92 Å². The standard InChI is InChI=1S/C24H28N2O5S/c1-18-11-12-22(32(28,29)26-17-21-10-6-14-31-21)16-23(18)24(27)25-13-7-15-30-19(2)20-8-4-3-5-9-20/h3-6,8-12,14,16,19,26H,7,13,15,17H2,1-2H3,(H,25,27). The molecule has 0 spiro atoms. The van der Waals surface area contributed by atoms with E-state index in [0.29, 0.717) is 36.5 Å². The fourth-order valence-corrected chi connectivity index (χ4v) is 4.14. The number of sulfonamides is 1. The van der Waals surface area contributed by atoms with Gasteiger partial charge in [0.2, 0.25) is 10.0 Å². The molecule has 170 valence electrons. The second kappa shape index (κ2) is 11.1. The highest BCUT2D eigenvalue weighted by molar-refractivity contribution is 7.89. The molecule has 2 N–H and O–H groups in total. The summed E-state index contributed by atoms with van der Waals surface area (Å²) in [6.45, 7) is 4.72. The van der Waals surface area contributed by atoms with Crippen molar-refractivity contribution in [2.45, 2.75) is 37.8 Å². The van der Waals surface area contributed by atoms with Gasteiger partial charge in [-0.2, -0.15) is 0 Å². The van der Waals surface area contributed by atoms with Crippen LogP contribution in [0.15, 0.2) is 76.2 Å². The zero-order valence-corrected chi connectivity index (χ0v) is 19.0. The van der Waals surface area contributed by atoms with Crippen molar-refractivity contribution in [2.24, 2.45) is 0 Å². The first kappa shape index (κ1) is 23.7. The fourth-order valence-electron chi connectivity index (χ4n) is 3.13. The van der Waals surface area contributed by atoms with E-state index in [1.807, 2.05) is 37.3 Å². The number of carbonyl (C=O) groups excluding carboxylic acids is 1. The van der Waals surface area contributed by atoms with Gasteiger partial charge in [-0.3, -0.25) is 4.79 Å². The lowest BCUT2D eigenvalue weighted by molar-refractivity contribution is 0.0635. The number of benzene rings is 2. The minimum absolute atomic E-state index is 0.0234. The van der Waals surface area contributed by atoms with Crippen LogP contribution >= 0.6 is 0 Å². The number of rotatable bonds is 11. The van der Waals surface area contributed by atoms with Crippen LogP contribution in [-0.4, -0.2) is 27.5 Å². The quantitative estimate of drug-likeness (QED) is 0.426. The zero-order chi connectivity index (χ0) is 23.0. The third kappa shape index (κ3) is 6.53. The molecule has 0 aliphatic heterocycles. The first-order valence-corrected chi connectivity index (χ1v) is 11.9. The van der Waals surface area contributed by atoms with Crippen LogP contribution in [0.4, 0.5) is 0 Å². The first-order valence-electron chi connectivity index (χ1n) is 10.4. The van der Waals surface area contributed by atoms with Crippen LogP contribution < -0.4 is 10.0 Å². The maximum absolute atomic E-state index is 12.6. The molecule has 1 heterocycles. The van der Waals surface area contributed by atoms with E-state index in [2.05, 4.69) is 10.0 Å². The Labute approximate surface area is 188 Å². The molecule has 3 aromatic rings. The Balaban J connectivity index is 1.51. The second-order valence-corrected chi connectivity index (χ2v) is 9.18. The lowest BCUT2D eigenvalue weighted by Gasteiger charge is -2.14. The summed E-state index contributed by atoms with van der Waals surface area (Å²) in [4.78, 5) is 12.7. The molecule has 7 nitrogen and oxygen atoms in total. The maximum Gasteiger partial charge on any atom is 0.251 e. The first-order chi connectivity index (χ1) is 15.4. The minimum atomic E-state index is -3.78. The molecule has 0 aliphatic rings. The Morgan fingerprint density at radius 2 is 1.88 bits per heavy atom. The number of amides is 1. The van der Waals surface area contributed by atoms with E-state index in [1.165, 1.54) is 18.4 Å². The Morgan fingerprint density at radius 1 is 1.09 bits per heavy atom. The molecule has 0 aliphatic carbocycles. The molecule has 0 saturated carbocycles. The highest BCUT2D eigenvalue weighted by Crippen LogP contribution is 2.17. The minimum Gasteiger partial charge on any atom is -0.468 e. The third-order valence-corrected chi connectivity index (χ3v) is 6.42. The van der Waals surface area contributed by atoms with Crippen molar-refractivity contribution in [1.82, 2.24) is 10.0 Å². The molecule has 1 atom stereocenters. The lowest BCUT2D eigenvalue weighted by Crippen LogP contribution is -2.27.